The number of carbonyl (C=O) groups is 1. The van der Waals surface area contributed by atoms with Gasteiger partial charge in [0.1, 0.15) is 5.69 Å². The largest absolute Gasteiger partial charge is 0.465 e. The molecule has 0 fully saturated rings. The third kappa shape index (κ3) is 3.94. The molecule has 1 aromatic rings. The number of rotatable bonds is 6. The summed E-state index contributed by atoms with van der Waals surface area (Å²) in [5, 5.41) is 11.1. The van der Waals surface area contributed by atoms with Gasteiger partial charge in [-0.3, -0.25) is 10.1 Å². The highest BCUT2D eigenvalue weighted by Gasteiger charge is 2.20. The molecule has 0 saturated carbocycles. The van der Waals surface area contributed by atoms with E-state index < -0.39 is 10.9 Å². The SMILES string of the molecule is COC(=O)c1ccc([N+](=O)[O-])c(N(C)CCC(C)C)c1. The Morgan fingerprint density at radius 3 is 2.60 bits per heavy atom. The van der Waals surface area contributed by atoms with Crippen molar-refractivity contribution in [3.8, 4) is 0 Å². The van der Waals surface area contributed by atoms with Gasteiger partial charge in [-0.1, -0.05) is 13.8 Å². The summed E-state index contributed by atoms with van der Waals surface area (Å²) in [7, 11) is 3.07. The normalized spacial score (nSPS) is 10.4. The minimum absolute atomic E-state index is 0.0103. The quantitative estimate of drug-likeness (QED) is 0.455. The second-order valence-electron chi connectivity index (χ2n) is 5.06. The van der Waals surface area contributed by atoms with Gasteiger partial charge >= 0.3 is 5.97 Å². The molecule has 0 bridgehead atoms. The number of nitrogens with zero attached hydrogens (tertiary/aromatic N) is 2. The van der Waals surface area contributed by atoms with Gasteiger partial charge < -0.3 is 9.64 Å². The lowest BCUT2D eigenvalue weighted by Gasteiger charge is -2.20. The van der Waals surface area contributed by atoms with E-state index in [1.165, 1.54) is 25.3 Å². The van der Waals surface area contributed by atoms with Gasteiger partial charge in [-0.2, -0.15) is 0 Å². The van der Waals surface area contributed by atoms with E-state index in [4.69, 9.17) is 0 Å². The van der Waals surface area contributed by atoms with Crippen LogP contribution in [-0.4, -0.2) is 31.6 Å². The Balaban J connectivity index is 3.11. The Morgan fingerprint density at radius 1 is 1.45 bits per heavy atom. The van der Waals surface area contributed by atoms with Crippen molar-refractivity contribution in [2.75, 3.05) is 25.6 Å². The van der Waals surface area contributed by atoms with Gasteiger partial charge in [0.15, 0.2) is 0 Å². The highest BCUT2D eigenvalue weighted by atomic mass is 16.6. The second kappa shape index (κ2) is 6.88. The van der Waals surface area contributed by atoms with E-state index in [0.717, 1.165) is 6.42 Å². The van der Waals surface area contributed by atoms with Gasteiger partial charge in [-0.05, 0) is 24.5 Å². The predicted octanol–water partition coefficient (Wildman–Crippen LogP) is 2.86. The van der Waals surface area contributed by atoms with Crippen LogP contribution in [0.25, 0.3) is 0 Å². The third-order valence-electron chi connectivity index (χ3n) is 3.05. The van der Waals surface area contributed by atoms with Crippen molar-refractivity contribution in [3.05, 3.63) is 33.9 Å². The fourth-order valence-electron chi connectivity index (χ4n) is 1.80. The fourth-order valence-corrected chi connectivity index (χ4v) is 1.80. The smallest absolute Gasteiger partial charge is 0.337 e. The first-order chi connectivity index (χ1) is 9.36. The molecule has 1 aromatic carbocycles. The first-order valence-electron chi connectivity index (χ1n) is 6.44. The first kappa shape index (κ1) is 15.9. The van der Waals surface area contributed by atoms with Crippen LogP contribution in [-0.2, 0) is 4.74 Å². The van der Waals surface area contributed by atoms with E-state index in [1.807, 2.05) is 0 Å². The van der Waals surface area contributed by atoms with Crippen molar-refractivity contribution in [1.29, 1.82) is 0 Å². The van der Waals surface area contributed by atoms with E-state index in [0.29, 0.717) is 23.7 Å². The monoisotopic (exact) mass is 280 g/mol. The van der Waals surface area contributed by atoms with Crippen molar-refractivity contribution < 1.29 is 14.5 Å². The molecule has 0 unspecified atom stereocenters. The molecular weight excluding hydrogens is 260 g/mol. The molecule has 0 N–H and O–H groups in total. The summed E-state index contributed by atoms with van der Waals surface area (Å²) in [4.78, 5) is 24.0. The molecule has 0 aliphatic carbocycles. The van der Waals surface area contributed by atoms with E-state index in [-0.39, 0.29) is 5.69 Å². The van der Waals surface area contributed by atoms with Crippen LogP contribution >= 0.6 is 0 Å². The standard InChI is InChI=1S/C14H20N2O4/c1-10(2)7-8-15(3)13-9-11(14(17)20-4)5-6-12(13)16(18)19/h5-6,9-10H,7-8H2,1-4H3. The van der Waals surface area contributed by atoms with Crippen molar-refractivity contribution in [3.63, 3.8) is 0 Å². The maximum Gasteiger partial charge on any atom is 0.337 e. The van der Waals surface area contributed by atoms with Gasteiger partial charge in [-0.25, -0.2) is 4.79 Å². The second-order valence-corrected chi connectivity index (χ2v) is 5.06. The fraction of sp³-hybridized carbons (Fsp3) is 0.500. The zero-order chi connectivity index (χ0) is 15.3. The molecule has 0 aliphatic rings. The third-order valence-corrected chi connectivity index (χ3v) is 3.05. The van der Waals surface area contributed by atoms with Crippen LogP contribution in [0.3, 0.4) is 0 Å². The minimum atomic E-state index is -0.501. The summed E-state index contributed by atoms with van der Waals surface area (Å²) in [6, 6.07) is 4.25. The molecule has 0 amide bonds. The Morgan fingerprint density at radius 2 is 2.10 bits per heavy atom. The topological polar surface area (TPSA) is 72.7 Å². The Hall–Kier alpha value is -2.11. The number of hydrogen-bond acceptors (Lipinski definition) is 5. The number of nitro groups is 1. The van der Waals surface area contributed by atoms with E-state index in [9.17, 15) is 14.9 Å². The number of benzene rings is 1. The molecule has 6 heteroatoms. The average molecular weight is 280 g/mol. The number of carbonyl (C=O) groups excluding carboxylic acids is 1. The molecule has 110 valence electrons. The zero-order valence-electron chi connectivity index (χ0n) is 12.3. The molecular formula is C14H20N2O4. The van der Waals surface area contributed by atoms with Gasteiger partial charge in [0.05, 0.1) is 17.6 Å². The highest BCUT2D eigenvalue weighted by Crippen LogP contribution is 2.29. The molecule has 6 nitrogen and oxygen atoms in total. The van der Waals surface area contributed by atoms with Crippen molar-refractivity contribution in [1.82, 2.24) is 0 Å². The van der Waals surface area contributed by atoms with Crippen molar-refractivity contribution in [2.45, 2.75) is 20.3 Å². The van der Waals surface area contributed by atoms with E-state index >= 15 is 0 Å². The van der Waals surface area contributed by atoms with E-state index in [1.54, 1.807) is 11.9 Å². The lowest BCUT2D eigenvalue weighted by atomic mass is 10.1. The maximum atomic E-state index is 11.5. The summed E-state index contributed by atoms with van der Waals surface area (Å²) < 4.78 is 4.64. The van der Waals surface area contributed by atoms with E-state index in [2.05, 4.69) is 18.6 Å². The predicted molar refractivity (Wildman–Crippen MR) is 77.2 cm³/mol. The first-order valence-corrected chi connectivity index (χ1v) is 6.44. The summed E-state index contributed by atoms with van der Waals surface area (Å²) in [5.41, 5.74) is 0.729. The molecule has 0 spiro atoms. The van der Waals surface area contributed by atoms with Gasteiger partial charge in [0.25, 0.3) is 5.69 Å². The lowest BCUT2D eigenvalue weighted by molar-refractivity contribution is -0.384. The van der Waals surface area contributed by atoms with Crippen LogP contribution in [0.2, 0.25) is 0 Å². The molecule has 0 saturated heterocycles. The van der Waals surface area contributed by atoms with Gasteiger partial charge in [0.2, 0.25) is 0 Å². The van der Waals surface area contributed by atoms with Crippen LogP contribution in [0.1, 0.15) is 30.6 Å². The number of nitro benzene ring substituents is 1. The summed E-state index contributed by atoms with van der Waals surface area (Å²) in [6.07, 6.45) is 0.913. The van der Waals surface area contributed by atoms with Crippen LogP contribution < -0.4 is 4.90 Å². The molecule has 0 radical (unpaired) electrons. The summed E-state index contributed by atoms with van der Waals surface area (Å²) in [5.74, 6) is -0.00120. The molecule has 0 heterocycles. The van der Waals surface area contributed by atoms with Crippen molar-refractivity contribution in [2.24, 2.45) is 5.92 Å². The number of hydrogen-bond donors (Lipinski definition) is 0. The van der Waals surface area contributed by atoms with Crippen molar-refractivity contribution >= 4 is 17.3 Å². The summed E-state index contributed by atoms with van der Waals surface area (Å²) in [6.45, 7) is 4.86. The van der Waals surface area contributed by atoms with Crippen LogP contribution in [0, 0.1) is 16.0 Å². The highest BCUT2D eigenvalue weighted by molar-refractivity contribution is 5.91. The number of ether oxygens (including phenoxy) is 1. The average Bonchev–Trinajstić information content (AvgIpc) is 2.42. The maximum absolute atomic E-state index is 11.5. The molecule has 0 atom stereocenters. The molecule has 0 aliphatic heterocycles. The van der Waals surface area contributed by atoms with Crippen LogP contribution in [0.15, 0.2) is 18.2 Å². The number of esters is 1. The van der Waals surface area contributed by atoms with Gasteiger partial charge in [-0.15, -0.1) is 0 Å². The number of methoxy groups -OCH3 is 1. The minimum Gasteiger partial charge on any atom is -0.465 e. The summed E-state index contributed by atoms with van der Waals surface area (Å²) >= 11 is 0. The lowest BCUT2D eigenvalue weighted by Crippen LogP contribution is -2.21. The Bertz CT molecular complexity index is 500. The van der Waals surface area contributed by atoms with Gasteiger partial charge in [0, 0.05) is 19.7 Å². The molecule has 20 heavy (non-hydrogen) atoms. The molecule has 0 aromatic heterocycles. The van der Waals surface area contributed by atoms with Crippen LogP contribution in [0.4, 0.5) is 11.4 Å². The number of anilines is 1. The Labute approximate surface area is 118 Å². The molecule has 1 rings (SSSR count). The zero-order valence-corrected chi connectivity index (χ0v) is 12.3. The Kier molecular flexibility index (Phi) is 5.49. The van der Waals surface area contributed by atoms with Crippen LogP contribution in [0.5, 0.6) is 0 Å².